The molecule has 0 fully saturated rings. The predicted molar refractivity (Wildman–Crippen MR) is 138 cm³/mol. The molecule has 0 aliphatic heterocycles. The first-order valence-corrected chi connectivity index (χ1v) is 11.1. The summed E-state index contributed by atoms with van der Waals surface area (Å²) in [6.07, 6.45) is 4.96. The lowest BCUT2D eigenvalue weighted by Gasteiger charge is -2.15. The minimum Gasteiger partial charge on any atom is -0.512 e. The first-order chi connectivity index (χ1) is 16.8. The summed E-state index contributed by atoms with van der Waals surface area (Å²) in [6.45, 7) is 5.28. The Morgan fingerprint density at radius 2 is 1.89 bits per heavy atom. The van der Waals surface area contributed by atoms with Crippen LogP contribution in [-0.4, -0.2) is 38.6 Å². The van der Waals surface area contributed by atoms with E-state index in [0.717, 1.165) is 27.9 Å². The Labute approximate surface area is 203 Å². The molecule has 8 nitrogen and oxygen atoms in total. The van der Waals surface area contributed by atoms with Crippen LogP contribution in [0.15, 0.2) is 72.9 Å². The fraction of sp³-hybridized carbons (Fsp3) is 0.185. The van der Waals surface area contributed by atoms with Crippen LogP contribution in [0, 0.1) is 5.41 Å². The van der Waals surface area contributed by atoms with Gasteiger partial charge in [0, 0.05) is 46.7 Å². The lowest BCUT2D eigenvalue weighted by Crippen LogP contribution is -2.10. The molecule has 0 radical (unpaired) electrons. The van der Waals surface area contributed by atoms with Gasteiger partial charge in [-0.3, -0.25) is 15.3 Å². The molecule has 0 aliphatic carbocycles. The topological polar surface area (TPSA) is 113 Å². The molecule has 0 saturated carbocycles. The number of allylic oxidation sites excluding steroid dienone is 2. The van der Waals surface area contributed by atoms with Crippen LogP contribution in [0.2, 0.25) is 0 Å². The van der Waals surface area contributed by atoms with Gasteiger partial charge in [0.25, 0.3) is 0 Å². The van der Waals surface area contributed by atoms with Crippen molar-refractivity contribution in [1.82, 2.24) is 14.5 Å². The summed E-state index contributed by atoms with van der Waals surface area (Å²) in [5, 5.41) is 21.0. The number of pyridine rings is 2. The Hall–Kier alpha value is -4.46. The number of anilines is 1. The van der Waals surface area contributed by atoms with E-state index in [1.807, 2.05) is 42.6 Å². The Balaban J connectivity index is 1.88. The number of fused-ring (bicyclic) bond motifs is 1. The van der Waals surface area contributed by atoms with Crippen molar-refractivity contribution in [3.8, 4) is 11.1 Å². The molecule has 0 bridgehead atoms. The third-order valence-corrected chi connectivity index (χ3v) is 5.86. The second-order valence-corrected chi connectivity index (χ2v) is 8.25. The van der Waals surface area contributed by atoms with Gasteiger partial charge in [-0.2, -0.15) is 0 Å². The summed E-state index contributed by atoms with van der Waals surface area (Å²) in [4.78, 5) is 20.8. The molecular weight excluding hydrogens is 442 g/mol. The summed E-state index contributed by atoms with van der Waals surface area (Å²) < 4.78 is 6.76. The van der Waals surface area contributed by atoms with E-state index in [-0.39, 0.29) is 17.5 Å². The molecule has 1 atom stereocenters. The summed E-state index contributed by atoms with van der Waals surface area (Å²) in [5.74, 6) is 0.0726. The maximum absolute atomic E-state index is 11.5. The molecule has 3 heterocycles. The normalized spacial score (nSPS) is 12.7. The molecule has 1 amide bonds. The van der Waals surface area contributed by atoms with Crippen molar-refractivity contribution in [2.75, 3.05) is 12.4 Å². The van der Waals surface area contributed by atoms with Gasteiger partial charge in [0.05, 0.1) is 35.6 Å². The number of amides is 1. The van der Waals surface area contributed by atoms with Crippen LogP contribution in [0.1, 0.15) is 38.1 Å². The maximum atomic E-state index is 11.5. The van der Waals surface area contributed by atoms with E-state index in [0.29, 0.717) is 16.8 Å². The largest absolute Gasteiger partial charge is 0.512 e. The van der Waals surface area contributed by atoms with Gasteiger partial charge in [-0.25, -0.2) is 4.79 Å². The first kappa shape index (κ1) is 23.7. The number of benzene rings is 1. The van der Waals surface area contributed by atoms with Crippen molar-refractivity contribution in [3.05, 3.63) is 84.1 Å². The monoisotopic (exact) mass is 469 g/mol. The van der Waals surface area contributed by atoms with E-state index in [1.54, 1.807) is 38.4 Å². The van der Waals surface area contributed by atoms with E-state index in [2.05, 4.69) is 26.5 Å². The van der Waals surface area contributed by atoms with Gasteiger partial charge in [-0.15, -0.1) is 0 Å². The highest BCUT2D eigenvalue weighted by atomic mass is 16.5. The number of nitrogens with zero attached hydrogens (tertiary/aromatic N) is 3. The van der Waals surface area contributed by atoms with E-state index in [9.17, 15) is 9.90 Å². The number of aliphatic hydroxyl groups excluding tert-OH is 1. The van der Waals surface area contributed by atoms with Crippen LogP contribution in [0.3, 0.4) is 0 Å². The van der Waals surface area contributed by atoms with Crippen LogP contribution in [0.25, 0.3) is 27.7 Å². The average Bonchev–Trinajstić information content (AvgIpc) is 3.23. The first-order valence-electron chi connectivity index (χ1n) is 11.1. The molecule has 8 heteroatoms. The van der Waals surface area contributed by atoms with Crippen molar-refractivity contribution < 1.29 is 14.6 Å². The molecule has 0 spiro atoms. The number of carbonyl (C=O) groups is 1. The number of hydrogen-bond donors (Lipinski definition) is 3. The van der Waals surface area contributed by atoms with Gasteiger partial charge in [0.1, 0.15) is 0 Å². The lowest BCUT2D eigenvalue weighted by atomic mass is 10.0. The Morgan fingerprint density at radius 1 is 1.14 bits per heavy atom. The zero-order valence-electron chi connectivity index (χ0n) is 20.0. The summed E-state index contributed by atoms with van der Waals surface area (Å²) in [7, 11) is 1.32. The highest BCUT2D eigenvalue weighted by molar-refractivity contribution is 6.22. The van der Waals surface area contributed by atoms with Gasteiger partial charge in [0.15, 0.2) is 0 Å². The molecule has 35 heavy (non-hydrogen) atoms. The van der Waals surface area contributed by atoms with E-state index in [1.165, 1.54) is 7.11 Å². The van der Waals surface area contributed by atoms with Crippen LogP contribution >= 0.6 is 0 Å². The van der Waals surface area contributed by atoms with Crippen molar-refractivity contribution in [2.45, 2.75) is 26.8 Å². The second-order valence-electron chi connectivity index (χ2n) is 8.25. The molecule has 4 aromatic rings. The predicted octanol–water partition coefficient (Wildman–Crippen LogP) is 6.21. The second kappa shape index (κ2) is 9.80. The molecule has 3 aromatic heterocycles. The number of methoxy groups -OCH3 is 1. The van der Waals surface area contributed by atoms with Gasteiger partial charge in [-0.05, 0) is 56.7 Å². The maximum Gasteiger partial charge on any atom is 0.411 e. The summed E-state index contributed by atoms with van der Waals surface area (Å²) >= 11 is 0. The number of aromatic nitrogens is 3. The van der Waals surface area contributed by atoms with Crippen LogP contribution in [-0.2, 0) is 4.74 Å². The number of hydrogen-bond acceptors (Lipinski definition) is 6. The fourth-order valence-electron chi connectivity index (χ4n) is 4.16. The number of ether oxygens (including phenoxy) is 1. The summed E-state index contributed by atoms with van der Waals surface area (Å²) in [5.41, 5.74) is 6.38. The zero-order chi connectivity index (χ0) is 25.1. The number of aliphatic hydroxyl groups is 1. The van der Waals surface area contributed by atoms with E-state index in [4.69, 9.17) is 10.4 Å². The highest BCUT2D eigenvalue weighted by Gasteiger charge is 2.19. The molecule has 178 valence electrons. The Kier molecular flexibility index (Phi) is 6.64. The molecule has 0 saturated heterocycles. The molecule has 4 rings (SSSR count). The standard InChI is InChI=1S/C27H27N5O3/c1-16(28)25(18(3)33)20-13-24-26(30-14-20)22(15-32(24)17(2)23-7-5-6-12-29-23)19-8-10-21(11-9-19)31-27(34)35-4/h5-15,17,28,33H,1-4H3,(H,31,34)/b25-18+,28-16?/t17-/m0/s1. The molecule has 3 N–H and O–H groups in total. The van der Waals surface area contributed by atoms with Gasteiger partial charge < -0.3 is 19.8 Å². The third-order valence-electron chi connectivity index (χ3n) is 5.86. The number of rotatable bonds is 6. The van der Waals surface area contributed by atoms with E-state index >= 15 is 0 Å². The quantitative estimate of drug-likeness (QED) is 0.229. The third kappa shape index (κ3) is 4.77. The van der Waals surface area contributed by atoms with Crippen molar-refractivity contribution in [2.24, 2.45) is 0 Å². The van der Waals surface area contributed by atoms with Crippen LogP contribution in [0.5, 0.6) is 0 Å². The van der Waals surface area contributed by atoms with Gasteiger partial charge >= 0.3 is 6.09 Å². The van der Waals surface area contributed by atoms with E-state index < -0.39 is 6.09 Å². The van der Waals surface area contributed by atoms with Gasteiger partial charge in [-0.1, -0.05) is 18.2 Å². The summed E-state index contributed by atoms with van der Waals surface area (Å²) in [6, 6.07) is 15.1. The molecule has 0 aliphatic rings. The van der Waals surface area contributed by atoms with Gasteiger partial charge in [0.2, 0.25) is 0 Å². The highest BCUT2D eigenvalue weighted by Crippen LogP contribution is 2.35. The molecule has 0 unspecified atom stereocenters. The lowest BCUT2D eigenvalue weighted by molar-refractivity contribution is 0.187. The number of nitrogens with one attached hydrogen (secondary N) is 2. The van der Waals surface area contributed by atoms with Crippen molar-refractivity contribution in [3.63, 3.8) is 0 Å². The van der Waals surface area contributed by atoms with Crippen LogP contribution in [0.4, 0.5) is 10.5 Å². The zero-order valence-corrected chi connectivity index (χ0v) is 20.0. The minimum atomic E-state index is -0.530. The smallest absolute Gasteiger partial charge is 0.411 e. The number of carbonyl (C=O) groups excluding carboxylic acids is 1. The molecular formula is C27H27N5O3. The Bertz CT molecular complexity index is 1420. The average molecular weight is 470 g/mol. The Morgan fingerprint density at radius 3 is 2.49 bits per heavy atom. The van der Waals surface area contributed by atoms with Crippen molar-refractivity contribution in [1.29, 1.82) is 5.41 Å². The van der Waals surface area contributed by atoms with Crippen molar-refractivity contribution >= 4 is 34.1 Å². The SMILES string of the molecule is COC(=O)Nc1ccc(-c2cn([C@@H](C)c3ccccn3)c3cc(/C(C(C)=N)=C(\C)O)cnc23)cc1. The fourth-order valence-corrected chi connectivity index (χ4v) is 4.16. The minimum absolute atomic E-state index is 0.0726. The molecule has 1 aromatic carbocycles. The van der Waals surface area contributed by atoms with Crippen LogP contribution < -0.4 is 5.32 Å².